The van der Waals surface area contributed by atoms with Crippen LogP contribution >= 0.6 is 11.8 Å². The van der Waals surface area contributed by atoms with Crippen LogP contribution in [0.25, 0.3) is 0 Å². The summed E-state index contributed by atoms with van der Waals surface area (Å²) in [5, 5.41) is 0. The van der Waals surface area contributed by atoms with E-state index in [4.69, 9.17) is 10.5 Å². The zero-order chi connectivity index (χ0) is 13.5. The third-order valence-corrected chi connectivity index (χ3v) is 3.03. The van der Waals surface area contributed by atoms with Crippen LogP contribution in [-0.4, -0.2) is 24.7 Å². The first-order valence-corrected chi connectivity index (χ1v) is 6.13. The molecule has 0 saturated heterocycles. The molecule has 0 bridgehead atoms. The molecule has 7 heteroatoms. The van der Waals surface area contributed by atoms with Crippen LogP contribution in [0.3, 0.4) is 0 Å². The van der Waals surface area contributed by atoms with Gasteiger partial charge in [0.2, 0.25) is 11.8 Å². The number of carbonyl (C=O) groups excluding carboxylic acids is 2. The van der Waals surface area contributed by atoms with Crippen molar-refractivity contribution in [2.45, 2.75) is 11.8 Å². The van der Waals surface area contributed by atoms with Crippen LogP contribution in [0, 0.1) is 0 Å². The first-order chi connectivity index (χ1) is 8.52. The fraction of sp³-hybridized carbons (Fsp3) is 0.273. The highest BCUT2D eigenvalue weighted by Gasteiger charge is 2.06. The summed E-state index contributed by atoms with van der Waals surface area (Å²) < 4.78 is 5.07. The number of benzene rings is 1. The molecule has 2 amide bonds. The lowest BCUT2D eigenvalue weighted by Gasteiger charge is -2.08. The Kier molecular flexibility index (Phi) is 5.31. The summed E-state index contributed by atoms with van der Waals surface area (Å²) in [5.41, 5.74) is 10.8. The van der Waals surface area contributed by atoms with Gasteiger partial charge in [-0.2, -0.15) is 0 Å². The predicted molar refractivity (Wildman–Crippen MR) is 70.1 cm³/mol. The van der Waals surface area contributed by atoms with E-state index < -0.39 is 0 Å². The average Bonchev–Trinajstić information content (AvgIpc) is 2.35. The molecule has 0 aromatic heterocycles. The second-order valence-electron chi connectivity index (χ2n) is 3.42. The molecule has 0 atom stereocenters. The Morgan fingerprint density at radius 3 is 2.72 bits per heavy atom. The van der Waals surface area contributed by atoms with Gasteiger partial charge in [-0.05, 0) is 18.2 Å². The number of nitrogens with two attached hydrogens (primary N) is 1. The summed E-state index contributed by atoms with van der Waals surface area (Å²) in [6.45, 7) is 1.31. The molecule has 0 aliphatic carbocycles. The van der Waals surface area contributed by atoms with E-state index in [0.29, 0.717) is 11.4 Å². The summed E-state index contributed by atoms with van der Waals surface area (Å²) >= 11 is 1.27. The summed E-state index contributed by atoms with van der Waals surface area (Å²) in [4.78, 5) is 22.7. The highest BCUT2D eigenvalue weighted by molar-refractivity contribution is 8.00. The van der Waals surface area contributed by atoms with Crippen molar-refractivity contribution in [2.75, 3.05) is 18.6 Å². The molecular formula is C11H15N3O3S. The number of carbonyl (C=O) groups is 2. The number of rotatable bonds is 4. The molecule has 6 nitrogen and oxygen atoms in total. The van der Waals surface area contributed by atoms with Crippen molar-refractivity contribution in [3.05, 3.63) is 18.2 Å². The van der Waals surface area contributed by atoms with Crippen molar-refractivity contribution in [1.82, 2.24) is 10.9 Å². The third kappa shape index (κ3) is 4.54. The van der Waals surface area contributed by atoms with Gasteiger partial charge in [0.1, 0.15) is 5.75 Å². The van der Waals surface area contributed by atoms with Crippen LogP contribution in [-0.2, 0) is 9.59 Å². The summed E-state index contributed by atoms with van der Waals surface area (Å²) in [5.74, 6) is 0.193. The first kappa shape index (κ1) is 14.2. The van der Waals surface area contributed by atoms with Gasteiger partial charge in [0.05, 0.1) is 12.9 Å². The number of hydrogen-bond donors (Lipinski definition) is 3. The molecule has 18 heavy (non-hydrogen) atoms. The standard InChI is InChI=1S/C11H15N3O3S/c1-7(15)13-14-11(16)6-18-10-5-8(17-2)3-4-9(10)12/h3-5H,6,12H2,1-2H3,(H,13,15)(H,14,16). The zero-order valence-electron chi connectivity index (χ0n) is 10.1. The highest BCUT2D eigenvalue weighted by Crippen LogP contribution is 2.28. The van der Waals surface area contributed by atoms with Crippen LogP contribution in [0.1, 0.15) is 6.92 Å². The number of hydrazine groups is 1. The predicted octanol–water partition coefficient (Wildman–Crippen LogP) is 0.537. The number of nitrogens with one attached hydrogen (secondary N) is 2. The van der Waals surface area contributed by atoms with Gasteiger partial charge in [-0.15, -0.1) is 11.8 Å². The van der Waals surface area contributed by atoms with E-state index in [0.717, 1.165) is 4.90 Å². The summed E-state index contributed by atoms with van der Waals surface area (Å²) in [6, 6.07) is 5.22. The maximum atomic E-state index is 11.4. The van der Waals surface area contributed by atoms with Gasteiger partial charge in [0, 0.05) is 17.5 Å². The molecule has 0 fully saturated rings. The minimum atomic E-state index is -0.325. The SMILES string of the molecule is COc1ccc(N)c(SCC(=O)NNC(C)=O)c1. The molecule has 0 radical (unpaired) electrons. The van der Waals surface area contributed by atoms with Crippen LogP contribution in [0.15, 0.2) is 23.1 Å². The topological polar surface area (TPSA) is 93.4 Å². The average molecular weight is 269 g/mol. The molecule has 0 unspecified atom stereocenters. The second kappa shape index (κ2) is 6.75. The molecule has 1 rings (SSSR count). The van der Waals surface area contributed by atoms with Crippen molar-refractivity contribution >= 4 is 29.3 Å². The molecule has 0 heterocycles. The second-order valence-corrected chi connectivity index (χ2v) is 4.44. The molecule has 98 valence electrons. The van der Waals surface area contributed by atoms with Gasteiger partial charge < -0.3 is 10.5 Å². The molecule has 0 spiro atoms. The number of amides is 2. The molecule has 1 aromatic carbocycles. The molecule has 0 saturated carbocycles. The van der Waals surface area contributed by atoms with E-state index in [9.17, 15) is 9.59 Å². The summed E-state index contributed by atoms with van der Waals surface area (Å²) in [7, 11) is 1.56. The van der Waals surface area contributed by atoms with Gasteiger partial charge in [0.25, 0.3) is 0 Å². The number of nitrogen functional groups attached to an aromatic ring is 1. The zero-order valence-corrected chi connectivity index (χ0v) is 11.0. The van der Waals surface area contributed by atoms with Gasteiger partial charge in [-0.25, -0.2) is 0 Å². The normalized spacial score (nSPS) is 9.67. The lowest BCUT2D eigenvalue weighted by atomic mass is 10.3. The Morgan fingerprint density at radius 1 is 1.39 bits per heavy atom. The van der Waals surface area contributed by atoms with E-state index in [2.05, 4.69) is 10.9 Å². The lowest BCUT2D eigenvalue weighted by molar-refractivity contribution is -0.126. The van der Waals surface area contributed by atoms with E-state index in [1.807, 2.05) is 0 Å². The first-order valence-electron chi connectivity index (χ1n) is 5.14. The quantitative estimate of drug-likeness (QED) is 0.421. The fourth-order valence-electron chi connectivity index (χ4n) is 1.10. The highest BCUT2D eigenvalue weighted by atomic mass is 32.2. The van der Waals surface area contributed by atoms with E-state index in [-0.39, 0.29) is 17.6 Å². The Morgan fingerprint density at radius 2 is 2.11 bits per heavy atom. The molecule has 4 N–H and O–H groups in total. The van der Waals surface area contributed by atoms with Crippen molar-refractivity contribution in [3.8, 4) is 5.75 Å². The van der Waals surface area contributed by atoms with Gasteiger partial charge in [-0.1, -0.05) is 0 Å². The van der Waals surface area contributed by atoms with Crippen LogP contribution in [0.4, 0.5) is 5.69 Å². The van der Waals surface area contributed by atoms with Gasteiger partial charge in [-0.3, -0.25) is 20.4 Å². The Bertz CT molecular complexity index is 451. The Hall–Kier alpha value is -1.89. The monoisotopic (exact) mass is 269 g/mol. The fourth-order valence-corrected chi connectivity index (χ4v) is 1.90. The van der Waals surface area contributed by atoms with Crippen molar-refractivity contribution in [3.63, 3.8) is 0 Å². The van der Waals surface area contributed by atoms with E-state index in [1.165, 1.54) is 18.7 Å². The smallest absolute Gasteiger partial charge is 0.248 e. The van der Waals surface area contributed by atoms with Gasteiger partial charge >= 0.3 is 0 Å². The maximum Gasteiger partial charge on any atom is 0.248 e. The van der Waals surface area contributed by atoms with Gasteiger partial charge in [0.15, 0.2) is 0 Å². The number of hydrogen-bond acceptors (Lipinski definition) is 5. The number of methoxy groups -OCH3 is 1. The van der Waals surface area contributed by atoms with Crippen molar-refractivity contribution in [1.29, 1.82) is 0 Å². The molecule has 0 aliphatic heterocycles. The minimum Gasteiger partial charge on any atom is -0.497 e. The van der Waals surface area contributed by atoms with E-state index >= 15 is 0 Å². The van der Waals surface area contributed by atoms with Crippen molar-refractivity contribution in [2.24, 2.45) is 0 Å². The van der Waals surface area contributed by atoms with Crippen LogP contribution in [0.5, 0.6) is 5.75 Å². The number of thioether (sulfide) groups is 1. The molecule has 1 aromatic rings. The Balaban J connectivity index is 2.52. The maximum absolute atomic E-state index is 11.4. The Labute approximate surface area is 109 Å². The molecule has 0 aliphatic rings. The third-order valence-electron chi connectivity index (χ3n) is 1.96. The minimum absolute atomic E-state index is 0.150. The largest absolute Gasteiger partial charge is 0.497 e. The lowest BCUT2D eigenvalue weighted by Crippen LogP contribution is -2.41. The number of ether oxygens (including phenoxy) is 1. The summed E-state index contributed by atoms with van der Waals surface area (Å²) in [6.07, 6.45) is 0. The molecular weight excluding hydrogens is 254 g/mol. The van der Waals surface area contributed by atoms with E-state index in [1.54, 1.807) is 25.3 Å². The number of anilines is 1. The van der Waals surface area contributed by atoms with Crippen molar-refractivity contribution < 1.29 is 14.3 Å². The van der Waals surface area contributed by atoms with Crippen LogP contribution in [0.2, 0.25) is 0 Å². The van der Waals surface area contributed by atoms with Crippen LogP contribution < -0.4 is 21.3 Å².